The van der Waals surface area contributed by atoms with Gasteiger partial charge in [-0.2, -0.15) is 0 Å². The van der Waals surface area contributed by atoms with Gasteiger partial charge in [-0.3, -0.25) is 19.5 Å². The Bertz CT molecular complexity index is 623. The van der Waals surface area contributed by atoms with E-state index in [0.29, 0.717) is 19.0 Å². The van der Waals surface area contributed by atoms with Crippen molar-refractivity contribution in [2.45, 2.75) is 19.8 Å². The Morgan fingerprint density at radius 3 is 2.54 bits per heavy atom. The smallest absolute Gasteiger partial charge is 0.233 e. The highest BCUT2D eigenvalue weighted by Gasteiger charge is 2.58. The minimum atomic E-state index is -0.114. The lowest BCUT2D eigenvalue weighted by Crippen LogP contribution is -2.46. The summed E-state index contributed by atoms with van der Waals surface area (Å²) in [7, 11) is 1.72. The number of imide groups is 1. The molecule has 4 aliphatic rings. The quantitative estimate of drug-likeness (QED) is 0.321. The van der Waals surface area contributed by atoms with Gasteiger partial charge in [0, 0.05) is 38.7 Å². The average Bonchev–Trinajstić information content (AvgIpc) is 3.39. The summed E-state index contributed by atoms with van der Waals surface area (Å²) >= 11 is 0. The van der Waals surface area contributed by atoms with E-state index in [2.05, 4.69) is 34.7 Å². The van der Waals surface area contributed by atoms with Crippen molar-refractivity contribution in [3.8, 4) is 0 Å². The summed E-state index contributed by atoms with van der Waals surface area (Å²) in [6.45, 7) is 5.45. The topological polar surface area (TPSA) is 83.0 Å². The molecule has 2 amide bonds. The van der Waals surface area contributed by atoms with Crippen molar-refractivity contribution in [1.29, 1.82) is 0 Å². The third-order valence-electron chi connectivity index (χ3n) is 6.40. The van der Waals surface area contributed by atoms with Gasteiger partial charge >= 0.3 is 0 Å². The zero-order chi connectivity index (χ0) is 18.3. The molecule has 2 aliphatic carbocycles. The summed E-state index contributed by atoms with van der Waals surface area (Å²) in [5.74, 6) is 1.02. The van der Waals surface area contributed by atoms with Gasteiger partial charge in [0.25, 0.3) is 0 Å². The molecule has 5 atom stereocenters. The molecule has 2 saturated heterocycles. The summed E-state index contributed by atoms with van der Waals surface area (Å²) in [6, 6.07) is 0. The van der Waals surface area contributed by atoms with E-state index in [9.17, 15) is 9.59 Å². The zero-order valence-electron chi connectivity index (χ0n) is 15.5. The first kappa shape index (κ1) is 17.5. The van der Waals surface area contributed by atoms with E-state index >= 15 is 0 Å². The fourth-order valence-electron chi connectivity index (χ4n) is 4.84. The van der Waals surface area contributed by atoms with Crippen LogP contribution in [0.3, 0.4) is 0 Å². The van der Waals surface area contributed by atoms with Crippen LogP contribution >= 0.6 is 0 Å². The Labute approximate surface area is 154 Å². The predicted molar refractivity (Wildman–Crippen MR) is 97.3 cm³/mol. The van der Waals surface area contributed by atoms with E-state index in [1.165, 1.54) is 4.90 Å². The first-order valence-corrected chi connectivity index (χ1v) is 9.58. The highest BCUT2D eigenvalue weighted by Crippen LogP contribution is 2.52. The number of amides is 2. The molecule has 4 rings (SSSR count). The molecule has 26 heavy (non-hydrogen) atoms. The molecule has 2 N–H and O–H groups in total. The third-order valence-corrected chi connectivity index (χ3v) is 6.40. The van der Waals surface area contributed by atoms with Gasteiger partial charge in [-0.1, -0.05) is 19.1 Å². The highest BCUT2D eigenvalue weighted by molar-refractivity contribution is 6.06. The lowest BCUT2D eigenvalue weighted by molar-refractivity contribution is -0.140. The third kappa shape index (κ3) is 2.92. The van der Waals surface area contributed by atoms with Gasteiger partial charge in [0.2, 0.25) is 11.8 Å². The Kier molecular flexibility index (Phi) is 4.50. The van der Waals surface area contributed by atoms with Gasteiger partial charge in [0.1, 0.15) is 0 Å². The van der Waals surface area contributed by atoms with Gasteiger partial charge in [0.05, 0.1) is 18.4 Å². The molecule has 3 fully saturated rings. The summed E-state index contributed by atoms with van der Waals surface area (Å²) in [5, 5.41) is 6.54. The summed E-state index contributed by atoms with van der Waals surface area (Å²) in [5.41, 5.74) is 0.127. The fourth-order valence-corrected chi connectivity index (χ4v) is 4.84. The molecule has 7 heteroatoms. The van der Waals surface area contributed by atoms with Gasteiger partial charge in [-0.25, -0.2) is 0 Å². The lowest BCUT2D eigenvalue weighted by Gasteiger charge is -2.24. The first-order valence-electron chi connectivity index (χ1n) is 9.58. The maximum atomic E-state index is 12.7. The first-order chi connectivity index (χ1) is 12.5. The summed E-state index contributed by atoms with van der Waals surface area (Å²) < 4.78 is 5.47. The van der Waals surface area contributed by atoms with Crippen molar-refractivity contribution >= 4 is 17.8 Å². The SMILES string of the molecule is CN=C(NCCN1C(=O)C2C3C=CC(C3)C2C1=O)NCC1(C)CCOC1. The van der Waals surface area contributed by atoms with Crippen molar-refractivity contribution in [1.82, 2.24) is 15.5 Å². The summed E-state index contributed by atoms with van der Waals surface area (Å²) in [4.78, 5) is 31.0. The number of likely N-dealkylation sites (tertiary alicyclic amines) is 1. The molecule has 2 aliphatic heterocycles. The molecule has 0 aromatic rings. The molecule has 0 aromatic carbocycles. The van der Waals surface area contributed by atoms with Crippen molar-refractivity contribution < 1.29 is 14.3 Å². The lowest BCUT2D eigenvalue weighted by atomic mass is 9.85. The number of ether oxygens (including phenoxy) is 1. The van der Waals surface area contributed by atoms with E-state index in [0.717, 1.165) is 32.6 Å². The number of nitrogens with one attached hydrogen (secondary N) is 2. The molecular weight excluding hydrogens is 332 g/mol. The Morgan fingerprint density at radius 2 is 1.96 bits per heavy atom. The monoisotopic (exact) mass is 360 g/mol. The maximum Gasteiger partial charge on any atom is 0.233 e. The fraction of sp³-hybridized carbons (Fsp3) is 0.737. The van der Waals surface area contributed by atoms with Gasteiger partial charge in [-0.05, 0) is 24.7 Å². The number of allylic oxidation sites excluding steroid dienone is 2. The number of fused-ring (bicyclic) bond motifs is 5. The van der Waals surface area contributed by atoms with Crippen molar-refractivity contribution in [2.24, 2.45) is 34.1 Å². The van der Waals surface area contributed by atoms with Crippen LogP contribution < -0.4 is 10.6 Å². The van der Waals surface area contributed by atoms with Crippen LogP contribution in [0.1, 0.15) is 19.8 Å². The number of rotatable bonds is 5. The Morgan fingerprint density at radius 1 is 1.27 bits per heavy atom. The second-order valence-corrected chi connectivity index (χ2v) is 8.29. The number of nitrogens with zero attached hydrogens (tertiary/aromatic N) is 2. The number of aliphatic imine (C=N–C) groups is 1. The second-order valence-electron chi connectivity index (χ2n) is 8.29. The van der Waals surface area contributed by atoms with Crippen LogP contribution in [-0.4, -0.2) is 62.6 Å². The highest BCUT2D eigenvalue weighted by atomic mass is 16.5. The number of carbonyl (C=O) groups is 2. The molecule has 1 saturated carbocycles. The molecular formula is C19H28N4O3. The normalized spacial score (nSPS) is 38.4. The Hall–Kier alpha value is -1.89. The predicted octanol–water partition coefficient (Wildman–Crippen LogP) is 0.385. The molecule has 2 bridgehead atoms. The molecule has 5 unspecified atom stereocenters. The van der Waals surface area contributed by atoms with Gasteiger partial charge in [0.15, 0.2) is 5.96 Å². The minimum Gasteiger partial charge on any atom is -0.381 e. The Balaban J connectivity index is 1.26. The molecule has 142 valence electrons. The number of hydrogen-bond acceptors (Lipinski definition) is 4. The number of carbonyl (C=O) groups excluding carboxylic acids is 2. The molecule has 0 radical (unpaired) electrons. The maximum absolute atomic E-state index is 12.7. The molecule has 7 nitrogen and oxygen atoms in total. The molecule has 2 heterocycles. The second kappa shape index (κ2) is 6.68. The van der Waals surface area contributed by atoms with E-state index in [-0.39, 0.29) is 40.9 Å². The van der Waals surface area contributed by atoms with Crippen LogP contribution in [-0.2, 0) is 14.3 Å². The number of hydrogen-bond donors (Lipinski definition) is 2. The van der Waals surface area contributed by atoms with E-state index in [1.807, 2.05) is 0 Å². The summed E-state index contributed by atoms with van der Waals surface area (Å²) in [6.07, 6.45) is 6.25. The molecule has 0 aromatic heterocycles. The molecule has 0 spiro atoms. The van der Waals surface area contributed by atoms with Crippen LogP contribution in [0.4, 0.5) is 0 Å². The van der Waals surface area contributed by atoms with Gasteiger partial charge < -0.3 is 15.4 Å². The van der Waals surface area contributed by atoms with Crippen molar-refractivity contribution in [3.05, 3.63) is 12.2 Å². The van der Waals surface area contributed by atoms with Crippen molar-refractivity contribution in [2.75, 3.05) is 39.9 Å². The van der Waals surface area contributed by atoms with Crippen molar-refractivity contribution in [3.63, 3.8) is 0 Å². The van der Waals surface area contributed by atoms with Crippen LogP contribution in [0, 0.1) is 29.1 Å². The average molecular weight is 360 g/mol. The zero-order valence-corrected chi connectivity index (χ0v) is 15.5. The largest absolute Gasteiger partial charge is 0.381 e. The van der Waals surface area contributed by atoms with E-state index in [1.54, 1.807) is 7.05 Å². The van der Waals surface area contributed by atoms with E-state index in [4.69, 9.17) is 4.74 Å². The van der Waals surface area contributed by atoms with Crippen LogP contribution in [0.25, 0.3) is 0 Å². The minimum absolute atomic E-state index is 0.0113. The van der Waals surface area contributed by atoms with E-state index < -0.39 is 0 Å². The van der Waals surface area contributed by atoms with Crippen LogP contribution in [0.2, 0.25) is 0 Å². The van der Waals surface area contributed by atoms with Crippen LogP contribution in [0.15, 0.2) is 17.1 Å². The van der Waals surface area contributed by atoms with Crippen LogP contribution in [0.5, 0.6) is 0 Å². The van der Waals surface area contributed by atoms with Gasteiger partial charge in [-0.15, -0.1) is 0 Å². The standard InChI is InChI=1S/C19H28N4O3/c1-19(5-8-26-11-19)10-22-18(20-2)21-6-7-23-16(24)14-12-3-4-13(9-12)15(14)17(23)25/h3-4,12-15H,5-11H2,1-2H3,(H2,20,21,22). The number of guanidine groups is 1.